The highest BCUT2D eigenvalue weighted by Gasteiger charge is 2.29. The van der Waals surface area contributed by atoms with Crippen LogP contribution < -0.4 is 4.90 Å². The predicted octanol–water partition coefficient (Wildman–Crippen LogP) is 1.54. The number of pyridine rings is 1. The largest absolute Gasteiger partial charge is 0.353 e. The quantitative estimate of drug-likeness (QED) is 0.709. The van der Waals surface area contributed by atoms with Gasteiger partial charge in [-0.1, -0.05) is 12.1 Å². The topological polar surface area (TPSA) is 79.3 Å². The van der Waals surface area contributed by atoms with Crippen molar-refractivity contribution in [3.05, 3.63) is 55.0 Å². The summed E-state index contributed by atoms with van der Waals surface area (Å²) in [7, 11) is -3.49. The van der Waals surface area contributed by atoms with E-state index in [1.165, 1.54) is 10.5 Å². The standard InChI is InChI=1S/C17H17N5O2S/c23-25(24,14-4-3-7-18-12-14)22-10-8-21(9-11-22)17-13-19-15-5-1-2-6-16(15)20-17/h1-7,12-13H,8-11H2. The van der Waals surface area contributed by atoms with Crippen molar-refractivity contribution in [1.82, 2.24) is 19.3 Å². The third-order valence-electron chi connectivity index (χ3n) is 4.27. The van der Waals surface area contributed by atoms with E-state index in [1.54, 1.807) is 24.5 Å². The van der Waals surface area contributed by atoms with Crippen LogP contribution in [-0.4, -0.2) is 53.9 Å². The van der Waals surface area contributed by atoms with Crippen molar-refractivity contribution in [2.75, 3.05) is 31.1 Å². The summed E-state index contributed by atoms with van der Waals surface area (Å²) in [6.45, 7) is 1.97. The molecule has 128 valence electrons. The number of sulfonamides is 1. The van der Waals surface area contributed by atoms with Crippen molar-refractivity contribution in [2.24, 2.45) is 0 Å². The van der Waals surface area contributed by atoms with E-state index in [0.717, 1.165) is 16.9 Å². The van der Waals surface area contributed by atoms with Crippen LogP contribution in [0.4, 0.5) is 5.82 Å². The number of hydrogen-bond acceptors (Lipinski definition) is 6. The number of nitrogens with zero attached hydrogens (tertiary/aromatic N) is 5. The van der Waals surface area contributed by atoms with Gasteiger partial charge in [0, 0.05) is 38.6 Å². The molecule has 25 heavy (non-hydrogen) atoms. The number of anilines is 1. The summed E-state index contributed by atoms with van der Waals surface area (Å²) in [5, 5.41) is 0. The number of hydrogen-bond donors (Lipinski definition) is 0. The van der Waals surface area contributed by atoms with Crippen LogP contribution in [0.1, 0.15) is 0 Å². The van der Waals surface area contributed by atoms with E-state index in [9.17, 15) is 8.42 Å². The second-order valence-electron chi connectivity index (χ2n) is 5.80. The van der Waals surface area contributed by atoms with Crippen molar-refractivity contribution in [3.8, 4) is 0 Å². The van der Waals surface area contributed by atoms with Crippen molar-refractivity contribution in [1.29, 1.82) is 0 Å². The minimum Gasteiger partial charge on any atom is -0.353 e. The van der Waals surface area contributed by atoms with Gasteiger partial charge in [0.15, 0.2) is 0 Å². The maximum Gasteiger partial charge on any atom is 0.244 e. The Morgan fingerprint density at radius 2 is 1.64 bits per heavy atom. The third-order valence-corrected chi connectivity index (χ3v) is 6.15. The van der Waals surface area contributed by atoms with E-state index in [0.29, 0.717) is 26.2 Å². The number of rotatable bonds is 3. The summed E-state index contributed by atoms with van der Waals surface area (Å²) in [6, 6.07) is 10.9. The lowest BCUT2D eigenvalue weighted by molar-refractivity contribution is 0.383. The van der Waals surface area contributed by atoms with E-state index in [1.807, 2.05) is 24.3 Å². The SMILES string of the molecule is O=S(=O)(c1cccnc1)N1CCN(c2cnc3ccccc3n2)CC1. The van der Waals surface area contributed by atoms with Crippen molar-refractivity contribution < 1.29 is 8.42 Å². The lowest BCUT2D eigenvalue weighted by Crippen LogP contribution is -2.49. The zero-order valence-electron chi connectivity index (χ0n) is 13.5. The first-order valence-corrected chi connectivity index (χ1v) is 9.45. The van der Waals surface area contributed by atoms with Gasteiger partial charge in [-0.05, 0) is 24.3 Å². The molecule has 1 aliphatic rings. The molecule has 1 aliphatic heterocycles. The molecule has 4 rings (SSSR count). The van der Waals surface area contributed by atoms with Crippen molar-refractivity contribution in [2.45, 2.75) is 4.90 Å². The maximum atomic E-state index is 12.6. The van der Waals surface area contributed by atoms with Gasteiger partial charge in [-0.2, -0.15) is 4.31 Å². The fourth-order valence-corrected chi connectivity index (χ4v) is 4.29. The lowest BCUT2D eigenvalue weighted by atomic mass is 10.3. The molecule has 0 spiro atoms. The molecule has 0 N–H and O–H groups in total. The first kappa shape index (κ1) is 15.9. The Kier molecular flexibility index (Phi) is 4.06. The van der Waals surface area contributed by atoms with Crippen LogP contribution in [0, 0.1) is 0 Å². The summed E-state index contributed by atoms with van der Waals surface area (Å²) < 4.78 is 26.8. The Hall–Kier alpha value is -2.58. The van der Waals surface area contributed by atoms with Crippen LogP contribution in [0.2, 0.25) is 0 Å². The lowest BCUT2D eigenvalue weighted by Gasteiger charge is -2.34. The van der Waals surface area contributed by atoms with Gasteiger partial charge >= 0.3 is 0 Å². The van der Waals surface area contributed by atoms with Gasteiger partial charge in [-0.3, -0.25) is 9.97 Å². The number of fused-ring (bicyclic) bond motifs is 1. The van der Waals surface area contributed by atoms with Crippen LogP contribution in [0.15, 0.2) is 59.9 Å². The Balaban J connectivity index is 1.51. The first-order valence-electron chi connectivity index (χ1n) is 8.01. The number of benzene rings is 1. The zero-order valence-corrected chi connectivity index (χ0v) is 14.3. The fraction of sp³-hybridized carbons (Fsp3) is 0.235. The van der Waals surface area contributed by atoms with E-state index in [-0.39, 0.29) is 4.90 Å². The maximum absolute atomic E-state index is 12.6. The van der Waals surface area contributed by atoms with Gasteiger partial charge < -0.3 is 4.90 Å². The van der Waals surface area contributed by atoms with Gasteiger partial charge in [0.05, 0.1) is 17.2 Å². The molecule has 0 atom stereocenters. The number of aromatic nitrogens is 3. The Morgan fingerprint density at radius 3 is 2.36 bits per heavy atom. The van der Waals surface area contributed by atoms with E-state index < -0.39 is 10.0 Å². The molecule has 0 bridgehead atoms. The van der Waals surface area contributed by atoms with Gasteiger partial charge in [-0.15, -0.1) is 0 Å². The van der Waals surface area contributed by atoms with E-state index >= 15 is 0 Å². The van der Waals surface area contributed by atoms with Crippen molar-refractivity contribution in [3.63, 3.8) is 0 Å². The van der Waals surface area contributed by atoms with Gasteiger partial charge in [0.1, 0.15) is 10.7 Å². The second-order valence-corrected chi connectivity index (χ2v) is 7.73. The Bertz CT molecular complexity index is 986. The molecule has 3 heterocycles. The molecule has 1 saturated heterocycles. The normalized spacial score (nSPS) is 16.2. The summed E-state index contributed by atoms with van der Waals surface area (Å²) in [5.74, 6) is 0.775. The van der Waals surface area contributed by atoms with E-state index in [4.69, 9.17) is 0 Å². The predicted molar refractivity (Wildman–Crippen MR) is 94.7 cm³/mol. The molecule has 1 fully saturated rings. The van der Waals surface area contributed by atoms with Gasteiger partial charge in [-0.25, -0.2) is 13.4 Å². The second kappa shape index (κ2) is 6.38. The zero-order chi connectivity index (χ0) is 17.3. The molecular formula is C17H17N5O2S. The Morgan fingerprint density at radius 1 is 0.880 bits per heavy atom. The molecule has 8 heteroatoms. The first-order chi connectivity index (χ1) is 12.1. The van der Waals surface area contributed by atoms with Gasteiger partial charge in [0.2, 0.25) is 10.0 Å². The minimum absolute atomic E-state index is 0.231. The molecule has 0 aliphatic carbocycles. The smallest absolute Gasteiger partial charge is 0.244 e. The molecule has 0 saturated carbocycles. The third kappa shape index (κ3) is 3.06. The monoisotopic (exact) mass is 355 g/mol. The molecule has 3 aromatic rings. The summed E-state index contributed by atoms with van der Waals surface area (Å²) in [5.41, 5.74) is 1.69. The highest BCUT2D eigenvalue weighted by atomic mass is 32.2. The highest BCUT2D eigenvalue weighted by Crippen LogP contribution is 2.20. The van der Waals surface area contributed by atoms with Crippen LogP contribution >= 0.6 is 0 Å². The van der Waals surface area contributed by atoms with Crippen LogP contribution in [-0.2, 0) is 10.0 Å². The minimum atomic E-state index is -3.49. The van der Waals surface area contributed by atoms with Crippen molar-refractivity contribution >= 4 is 26.9 Å². The number of para-hydroxylation sites is 2. The molecule has 0 unspecified atom stereocenters. The van der Waals surface area contributed by atoms with Gasteiger partial charge in [0.25, 0.3) is 0 Å². The summed E-state index contributed by atoms with van der Waals surface area (Å²) in [4.78, 5) is 15.3. The molecule has 2 aromatic heterocycles. The Labute approximate surface area is 146 Å². The summed E-state index contributed by atoms with van der Waals surface area (Å²) >= 11 is 0. The fourth-order valence-electron chi connectivity index (χ4n) is 2.91. The van der Waals surface area contributed by atoms with Crippen LogP contribution in [0.25, 0.3) is 11.0 Å². The molecule has 7 nitrogen and oxygen atoms in total. The van der Waals surface area contributed by atoms with E-state index in [2.05, 4.69) is 19.9 Å². The molecular weight excluding hydrogens is 338 g/mol. The van der Waals surface area contributed by atoms with Crippen LogP contribution in [0.5, 0.6) is 0 Å². The molecule has 0 radical (unpaired) electrons. The average Bonchev–Trinajstić information content (AvgIpc) is 2.68. The van der Waals surface area contributed by atoms with Crippen LogP contribution in [0.3, 0.4) is 0 Å². The highest BCUT2D eigenvalue weighted by molar-refractivity contribution is 7.89. The molecule has 1 aromatic carbocycles. The summed E-state index contributed by atoms with van der Waals surface area (Å²) in [6.07, 6.45) is 4.69. The molecule has 0 amide bonds. The number of piperazine rings is 1. The average molecular weight is 355 g/mol.